The minimum Gasteiger partial charge on any atom is -0.348 e. The second-order valence-electron chi connectivity index (χ2n) is 7.75. The fourth-order valence-electron chi connectivity index (χ4n) is 3.88. The number of likely N-dealkylation sites (tertiary alicyclic amines) is 1. The molecule has 4 rings (SSSR count). The molecule has 1 atom stereocenters. The fraction of sp³-hybridized carbons (Fsp3) is 0.240. The number of piperidine rings is 1. The highest BCUT2D eigenvalue weighted by Gasteiger charge is 2.25. The molecule has 1 aliphatic rings. The van der Waals surface area contributed by atoms with E-state index in [0.717, 1.165) is 36.2 Å². The van der Waals surface area contributed by atoms with Crippen LogP contribution in [0.5, 0.6) is 0 Å². The summed E-state index contributed by atoms with van der Waals surface area (Å²) in [5, 5.41) is 5.91. The van der Waals surface area contributed by atoms with Crippen molar-refractivity contribution >= 4 is 17.6 Å². The van der Waals surface area contributed by atoms with Gasteiger partial charge in [0, 0.05) is 49.2 Å². The van der Waals surface area contributed by atoms with Crippen LogP contribution in [0.25, 0.3) is 0 Å². The zero-order valence-corrected chi connectivity index (χ0v) is 17.3. The fourth-order valence-corrected chi connectivity index (χ4v) is 3.88. The van der Waals surface area contributed by atoms with Crippen LogP contribution in [0, 0.1) is 0 Å². The quantitative estimate of drug-likeness (QED) is 0.649. The molecule has 2 N–H and O–H groups in total. The summed E-state index contributed by atoms with van der Waals surface area (Å²) in [6.45, 7) is 1.81. The number of benzene rings is 2. The zero-order chi connectivity index (χ0) is 21.5. The average Bonchev–Trinajstić information content (AvgIpc) is 2.84. The third-order valence-corrected chi connectivity index (χ3v) is 5.53. The maximum absolute atomic E-state index is 12.7. The normalized spacial score (nSPS) is 15.9. The molecule has 31 heavy (non-hydrogen) atoms. The van der Waals surface area contributed by atoms with Crippen LogP contribution in [0.3, 0.4) is 0 Å². The number of carbonyl (C=O) groups excluding carboxylic acids is 2. The lowest BCUT2D eigenvalue weighted by Gasteiger charge is -2.33. The van der Waals surface area contributed by atoms with Crippen molar-refractivity contribution in [1.29, 1.82) is 0 Å². The number of para-hydroxylation sites is 1. The number of rotatable bonds is 5. The van der Waals surface area contributed by atoms with Crippen molar-refractivity contribution in [3.05, 3.63) is 95.8 Å². The first-order valence-electron chi connectivity index (χ1n) is 10.6. The SMILES string of the molecule is O=C(NCc1cccnc1)c1cccc([C@@H]2CCCN(C(=O)Nc3ccccc3)C2)c1. The highest BCUT2D eigenvalue weighted by molar-refractivity contribution is 5.94. The number of anilines is 1. The summed E-state index contributed by atoms with van der Waals surface area (Å²) >= 11 is 0. The van der Waals surface area contributed by atoms with Gasteiger partial charge in [-0.2, -0.15) is 0 Å². The summed E-state index contributed by atoms with van der Waals surface area (Å²) in [4.78, 5) is 31.2. The van der Waals surface area contributed by atoms with Gasteiger partial charge < -0.3 is 15.5 Å². The molecular formula is C25H26N4O2. The largest absolute Gasteiger partial charge is 0.348 e. The molecule has 0 radical (unpaired) electrons. The maximum atomic E-state index is 12.7. The molecule has 1 fully saturated rings. The Morgan fingerprint density at radius 3 is 2.71 bits per heavy atom. The van der Waals surface area contributed by atoms with Crippen LogP contribution in [0.2, 0.25) is 0 Å². The number of aromatic nitrogens is 1. The summed E-state index contributed by atoms with van der Waals surface area (Å²) in [6, 6.07) is 20.9. The molecule has 3 amide bonds. The molecule has 158 valence electrons. The minimum absolute atomic E-state index is 0.0822. The van der Waals surface area contributed by atoms with Crippen LogP contribution < -0.4 is 10.6 Å². The minimum atomic E-state index is -0.111. The van der Waals surface area contributed by atoms with E-state index in [1.54, 1.807) is 12.4 Å². The summed E-state index contributed by atoms with van der Waals surface area (Å²) in [7, 11) is 0. The molecule has 1 aromatic heterocycles. The molecule has 2 aromatic carbocycles. The molecule has 6 heteroatoms. The highest BCUT2D eigenvalue weighted by Crippen LogP contribution is 2.28. The van der Waals surface area contributed by atoms with Gasteiger partial charge in [0.05, 0.1) is 0 Å². The Labute approximate surface area is 182 Å². The molecule has 6 nitrogen and oxygen atoms in total. The average molecular weight is 415 g/mol. The van der Waals surface area contributed by atoms with E-state index in [2.05, 4.69) is 15.6 Å². The smallest absolute Gasteiger partial charge is 0.321 e. The number of hydrogen-bond donors (Lipinski definition) is 2. The molecule has 2 heterocycles. The van der Waals surface area contributed by atoms with Crippen molar-refractivity contribution in [2.45, 2.75) is 25.3 Å². The van der Waals surface area contributed by atoms with E-state index in [0.29, 0.717) is 18.7 Å². The van der Waals surface area contributed by atoms with E-state index in [-0.39, 0.29) is 17.9 Å². The Morgan fingerprint density at radius 1 is 1.03 bits per heavy atom. The summed E-state index contributed by atoms with van der Waals surface area (Å²) in [5.41, 5.74) is 3.47. The second-order valence-corrected chi connectivity index (χ2v) is 7.75. The van der Waals surface area contributed by atoms with Crippen LogP contribution in [0.15, 0.2) is 79.1 Å². The third kappa shape index (κ3) is 5.48. The molecule has 0 bridgehead atoms. The number of nitrogens with one attached hydrogen (secondary N) is 2. The number of nitrogens with zero attached hydrogens (tertiary/aromatic N) is 2. The van der Waals surface area contributed by atoms with Gasteiger partial charge in [0.1, 0.15) is 0 Å². The van der Waals surface area contributed by atoms with E-state index in [9.17, 15) is 9.59 Å². The van der Waals surface area contributed by atoms with Crippen molar-refractivity contribution in [2.24, 2.45) is 0 Å². The molecule has 3 aromatic rings. The van der Waals surface area contributed by atoms with Gasteiger partial charge in [0.15, 0.2) is 0 Å². The Morgan fingerprint density at radius 2 is 1.90 bits per heavy atom. The standard InChI is InChI=1S/C25H26N4O2/c30-24(27-17-19-7-5-13-26-16-19)21-9-4-8-20(15-21)22-10-6-14-29(18-22)25(31)28-23-11-2-1-3-12-23/h1-5,7-9,11-13,15-16,22H,6,10,14,17-18H2,(H,27,30)(H,28,31)/t22-/m1/s1. The molecule has 1 aliphatic heterocycles. The van der Waals surface area contributed by atoms with Crippen molar-refractivity contribution < 1.29 is 9.59 Å². The lowest BCUT2D eigenvalue weighted by Crippen LogP contribution is -2.41. The van der Waals surface area contributed by atoms with Crippen LogP contribution in [0.1, 0.15) is 40.2 Å². The third-order valence-electron chi connectivity index (χ3n) is 5.53. The first kappa shape index (κ1) is 20.6. The van der Waals surface area contributed by atoms with Crippen molar-refractivity contribution in [3.8, 4) is 0 Å². The Bertz CT molecular complexity index is 1020. The predicted molar refractivity (Wildman–Crippen MR) is 121 cm³/mol. The van der Waals surface area contributed by atoms with E-state index >= 15 is 0 Å². The highest BCUT2D eigenvalue weighted by atomic mass is 16.2. The number of amides is 3. The Balaban J connectivity index is 1.38. The Hall–Kier alpha value is -3.67. The van der Waals surface area contributed by atoms with Crippen LogP contribution >= 0.6 is 0 Å². The molecular weight excluding hydrogens is 388 g/mol. The van der Waals surface area contributed by atoms with E-state index in [1.165, 1.54) is 0 Å². The van der Waals surface area contributed by atoms with E-state index in [1.807, 2.05) is 71.6 Å². The molecule has 0 unspecified atom stereocenters. The second kappa shape index (κ2) is 9.89. The maximum Gasteiger partial charge on any atom is 0.321 e. The topological polar surface area (TPSA) is 74.3 Å². The predicted octanol–water partition coefficient (Wildman–Crippen LogP) is 4.42. The van der Waals surface area contributed by atoms with Crippen LogP contribution in [0.4, 0.5) is 10.5 Å². The van der Waals surface area contributed by atoms with Crippen molar-refractivity contribution in [1.82, 2.24) is 15.2 Å². The van der Waals surface area contributed by atoms with E-state index in [4.69, 9.17) is 0 Å². The lowest BCUT2D eigenvalue weighted by atomic mass is 9.89. The molecule has 1 saturated heterocycles. The van der Waals surface area contributed by atoms with Gasteiger partial charge in [-0.05, 0) is 54.3 Å². The summed E-state index contributed by atoms with van der Waals surface area (Å²) < 4.78 is 0. The van der Waals surface area contributed by atoms with Crippen LogP contribution in [-0.4, -0.2) is 34.9 Å². The number of hydrogen-bond acceptors (Lipinski definition) is 3. The van der Waals surface area contributed by atoms with Gasteiger partial charge in [0.25, 0.3) is 5.91 Å². The van der Waals surface area contributed by atoms with Gasteiger partial charge in [-0.3, -0.25) is 9.78 Å². The van der Waals surface area contributed by atoms with Gasteiger partial charge in [0.2, 0.25) is 0 Å². The number of urea groups is 1. The summed E-state index contributed by atoms with van der Waals surface area (Å²) in [5.74, 6) is 0.0986. The molecule has 0 spiro atoms. The van der Waals surface area contributed by atoms with Crippen LogP contribution in [-0.2, 0) is 6.54 Å². The number of pyridine rings is 1. The van der Waals surface area contributed by atoms with E-state index < -0.39 is 0 Å². The van der Waals surface area contributed by atoms with Gasteiger partial charge in [-0.25, -0.2) is 4.79 Å². The van der Waals surface area contributed by atoms with Gasteiger partial charge in [-0.15, -0.1) is 0 Å². The molecule has 0 saturated carbocycles. The lowest BCUT2D eigenvalue weighted by molar-refractivity contribution is 0.0950. The number of carbonyl (C=O) groups is 2. The van der Waals surface area contributed by atoms with Crippen molar-refractivity contribution in [2.75, 3.05) is 18.4 Å². The molecule has 0 aliphatic carbocycles. The summed E-state index contributed by atoms with van der Waals surface area (Å²) in [6.07, 6.45) is 5.39. The zero-order valence-electron chi connectivity index (χ0n) is 17.3. The van der Waals surface area contributed by atoms with Gasteiger partial charge in [-0.1, -0.05) is 36.4 Å². The van der Waals surface area contributed by atoms with Crippen molar-refractivity contribution in [3.63, 3.8) is 0 Å². The Kier molecular flexibility index (Phi) is 6.57. The van der Waals surface area contributed by atoms with Gasteiger partial charge >= 0.3 is 6.03 Å². The monoisotopic (exact) mass is 414 g/mol. The first-order chi connectivity index (χ1) is 15.2. The first-order valence-corrected chi connectivity index (χ1v) is 10.6.